The third-order valence-electron chi connectivity index (χ3n) is 3.39. The van der Waals surface area contributed by atoms with Gasteiger partial charge in [-0.15, -0.1) is 0 Å². The maximum Gasteiger partial charge on any atom is 0.220 e. The average Bonchev–Trinajstić information content (AvgIpc) is 2.50. The first-order valence-corrected chi connectivity index (χ1v) is 8.09. The molecule has 0 spiro atoms. The molecule has 1 aromatic carbocycles. The molecule has 1 aromatic rings. The summed E-state index contributed by atoms with van der Waals surface area (Å²) in [4.78, 5) is 23.4. The third kappa shape index (κ3) is 8.57. The zero-order valence-electron chi connectivity index (χ0n) is 13.7. The minimum Gasteiger partial charge on any atom is -0.396 e. The van der Waals surface area contributed by atoms with E-state index in [1.54, 1.807) is 12.1 Å². The van der Waals surface area contributed by atoms with Crippen LogP contribution < -0.4 is 10.6 Å². The molecule has 3 N–H and O–H groups in total. The van der Waals surface area contributed by atoms with Crippen LogP contribution >= 0.6 is 11.6 Å². The van der Waals surface area contributed by atoms with E-state index in [2.05, 4.69) is 10.6 Å². The Bertz CT molecular complexity index is 515. The lowest BCUT2D eigenvalue weighted by molar-refractivity contribution is -0.124. The Labute approximate surface area is 142 Å². The summed E-state index contributed by atoms with van der Waals surface area (Å²) in [6, 6.07) is 7.41. The molecule has 0 fully saturated rings. The molecule has 0 aliphatic heterocycles. The fourth-order valence-electron chi connectivity index (χ4n) is 1.95. The number of nitrogens with one attached hydrogen (secondary N) is 2. The highest BCUT2D eigenvalue weighted by Crippen LogP contribution is 2.18. The summed E-state index contributed by atoms with van der Waals surface area (Å²) in [5, 5.41) is 15.3. The Balaban J connectivity index is 2.14. The molecule has 0 bridgehead atoms. The van der Waals surface area contributed by atoms with Crippen LogP contribution in [0.25, 0.3) is 0 Å². The molecule has 0 saturated carbocycles. The highest BCUT2D eigenvalue weighted by Gasteiger charge is 2.20. The first-order valence-electron chi connectivity index (χ1n) is 7.71. The number of carbonyl (C=O) groups excluding carboxylic acids is 2. The van der Waals surface area contributed by atoms with Gasteiger partial charge in [0.25, 0.3) is 0 Å². The third-order valence-corrected chi connectivity index (χ3v) is 3.64. The first-order chi connectivity index (χ1) is 10.8. The second kappa shape index (κ2) is 9.53. The molecule has 0 heterocycles. The average molecular weight is 341 g/mol. The summed E-state index contributed by atoms with van der Waals surface area (Å²) in [6.07, 6.45) is 1.31. The van der Waals surface area contributed by atoms with Crippen LogP contribution in [0.5, 0.6) is 0 Å². The number of hydrogen-bond donors (Lipinski definition) is 3. The number of rotatable bonds is 9. The molecule has 2 amide bonds. The van der Waals surface area contributed by atoms with Gasteiger partial charge in [-0.05, 0) is 29.5 Å². The van der Waals surface area contributed by atoms with Crippen LogP contribution in [0, 0.1) is 5.41 Å². The summed E-state index contributed by atoms with van der Waals surface area (Å²) in [7, 11) is 0. The molecule has 0 aromatic heterocycles. The van der Waals surface area contributed by atoms with Crippen molar-refractivity contribution in [2.24, 2.45) is 5.41 Å². The van der Waals surface area contributed by atoms with Crippen molar-refractivity contribution in [1.82, 2.24) is 10.6 Å². The van der Waals surface area contributed by atoms with Gasteiger partial charge in [-0.25, -0.2) is 0 Å². The lowest BCUT2D eigenvalue weighted by Crippen LogP contribution is -2.36. The Hall–Kier alpha value is -1.59. The van der Waals surface area contributed by atoms with Crippen molar-refractivity contribution in [3.8, 4) is 0 Å². The minimum absolute atomic E-state index is 0.0398. The zero-order valence-corrected chi connectivity index (χ0v) is 14.4. The van der Waals surface area contributed by atoms with Crippen molar-refractivity contribution in [3.05, 3.63) is 34.9 Å². The number of hydrogen-bond acceptors (Lipinski definition) is 3. The molecular weight excluding hydrogens is 316 g/mol. The van der Waals surface area contributed by atoms with Crippen LogP contribution in [-0.4, -0.2) is 36.6 Å². The molecule has 0 aliphatic carbocycles. The van der Waals surface area contributed by atoms with Gasteiger partial charge >= 0.3 is 0 Å². The van der Waals surface area contributed by atoms with Gasteiger partial charge in [0.2, 0.25) is 11.8 Å². The van der Waals surface area contributed by atoms with E-state index in [4.69, 9.17) is 16.7 Å². The van der Waals surface area contributed by atoms with Gasteiger partial charge in [0.15, 0.2) is 0 Å². The number of benzene rings is 1. The number of aliphatic hydroxyl groups excluding tert-OH is 1. The topological polar surface area (TPSA) is 78.4 Å². The Kier molecular flexibility index (Phi) is 8.06. The maximum absolute atomic E-state index is 11.7. The fourth-order valence-corrected chi connectivity index (χ4v) is 2.08. The van der Waals surface area contributed by atoms with Gasteiger partial charge in [0.1, 0.15) is 0 Å². The summed E-state index contributed by atoms with van der Waals surface area (Å²) in [5.74, 6) is -0.177. The molecule has 5 nitrogen and oxygen atoms in total. The predicted octanol–water partition coefficient (Wildman–Crippen LogP) is 1.91. The summed E-state index contributed by atoms with van der Waals surface area (Å²) >= 11 is 5.81. The van der Waals surface area contributed by atoms with Crippen LogP contribution in [-0.2, 0) is 16.0 Å². The van der Waals surface area contributed by atoms with Crippen molar-refractivity contribution in [3.63, 3.8) is 0 Å². The van der Waals surface area contributed by atoms with Crippen LogP contribution in [0.2, 0.25) is 5.02 Å². The van der Waals surface area contributed by atoms with Crippen molar-refractivity contribution >= 4 is 23.4 Å². The number of aliphatic hydroxyl groups is 1. The molecule has 23 heavy (non-hydrogen) atoms. The molecular formula is C17H25ClN2O3. The number of amides is 2. The van der Waals surface area contributed by atoms with Crippen LogP contribution in [0.4, 0.5) is 0 Å². The lowest BCUT2D eigenvalue weighted by Gasteiger charge is -2.20. The van der Waals surface area contributed by atoms with E-state index < -0.39 is 5.41 Å². The minimum atomic E-state index is -0.425. The van der Waals surface area contributed by atoms with Gasteiger partial charge in [0, 0.05) is 37.6 Å². The summed E-state index contributed by atoms with van der Waals surface area (Å²) in [6.45, 7) is 4.38. The van der Waals surface area contributed by atoms with Gasteiger partial charge in [0.05, 0.1) is 0 Å². The van der Waals surface area contributed by atoms with E-state index in [1.165, 1.54) is 0 Å². The van der Waals surface area contributed by atoms with Crippen LogP contribution in [0.3, 0.4) is 0 Å². The van der Waals surface area contributed by atoms with Crippen LogP contribution in [0.15, 0.2) is 24.3 Å². The van der Waals surface area contributed by atoms with Gasteiger partial charge in [-0.2, -0.15) is 0 Å². The van der Waals surface area contributed by atoms with Crippen molar-refractivity contribution in [2.75, 3.05) is 19.7 Å². The van der Waals surface area contributed by atoms with Crippen molar-refractivity contribution in [2.45, 2.75) is 33.1 Å². The molecule has 0 radical (unpaired) electrons. The number of carbonyl (C=O) groups is 2. The van der Waals surface area contributed by atoms with E-state index in [-0.39, 0.29) is 24.8 Å². The monoisotopic (exact) mass is 340 g/mol. The zero-order chi connectivity index (χ0) is 17.3. The first kappa shape index (κ1) is 19.5. The fraction of sp³-hybridized carbons (Fsp3) is 0.529. The lowest BCUT2D eigenvalue weighted by atomic mass is 9.90. The Morgan fingerprint density at radius 2 is 1.65 bits per heavy atom. The predicted molar refractivity (Wildman–Crippen MR) is 91.3 cm³/mol. The van der Waals surface area contributed by atoms with Gasteiger partial charge in [-0.3, -0.25) is 9.59 Å². The molecule has 0 saturated heterocycles. The maximum atomic E-state index is 11.7. The smallest absolute Gasteiger partial charge is 0.220 e. The van der Waals surface area contributed by atoms with Gasteiger partial charge in [-0.1, -0.05) is 37.6 Å². The van der Waals surface area contributed by atoms with E-state index >= 15 is 0 Å². The standard InChI is InChI=1S/C17H25ClN2O3/c1-17(2,12-21)11-16(23)20-10-9-19-15(22)8-5-13-3-6-14(18)7-4-13/h3-4,6-7,21H,5,8-12H2,1-2H3,(H,19,22)(H,20,23). The Morgan fingerprint density at radius 3 is 2.22 bits per heavy atom. The molecule has 0 aliphatic rings. The molecule has 0 atom stereocenters. The normalized spacial score (nSPS) is 11.1. The molecule has 0 unspecified atom stereocenters. The van der Waals surface area contributed by atoms with Gasteiger partial charge < -0.3 is 15.7 Å². The summed E-state index contributed by atoms with van der Waals surface area (Å²) in [5.41, 5.74) is 0.635. The van der Waals surface area contributed by atoms with E-state index in [0.29, 0.717) is 31.0 Å². The second-order valence-electron chi connectivity index (χ2n) is 6.33. The highest BCUT2D eigenvalue weighted by atomic mass is 35.5. The van der Waals surface area contributed by atoms with E-state index in [0.717, 1.165) is 5.56 Å². The number of halogens is 1. The SMILES string of the molecule is CC(C)(CO)CC(=O)NCCNC(=O)CCc1ccc(Cl)cc1. The molecule has 1 rings (SSSR count). The Morgan fingerprint density at radius 1 is 1.09 bits per heavy atom. The summed E-state index contributed by atoms with van der Waals surface area (Å²) < 4.78 is 0. The number of aryl methyl sites for hydroxylation is 1. The van der Waals surface area contributed by atoms with E-state index in [9.17, 15) is 9.59 Å². The van der Waals surface area contributed by atoms with Crippen molar-refractivity contribution in [1.29, 1.82) is 0 Å². The second-order valence-corrected chi connectivity index (χ2v) is 6.76. The van der Waals surface area contributed by atoms with E-state index in [1.807, 2.05) is 26.0 Å². The quantitative estimate of drug-likeness (QED) is 0.601. The highest BCUT2D eigenvalue weighted by molar-refractivity contribution is 6.30. The van der Waals surface area contributed by atoms with Crippen molar-refractivity contribution < 1.29 is 14.7 Å². The largest absolute Gasteiger partial charge is 0.396 e. The molecule has 6 heteroatoms. The molecule has 128 valence electrons. The van der Waals surface area contributed by atoms with Crippen LogP contribution in [0.1, 0.15) is 32.3 Å².